The predicted octanol–water partition coefficient (Wildman–Crippen LogP) is -0.706. The lowest BCUT2D eigenvalue weighted by atomic mass is 9.92. The Morgan fingerprint density at radius 1 is 0.750 bits per heavy atom. The fourth-order valence-corrected chi connectivity index (χ4v) is 5.06. The Morgan fingerprint density at radius 2 is 1.39 bits per heavy atom. The molecule has 2 aliphatic rings. The van der Waals surface area contributed by atoms with E-state index in [1.165, 1.54) is 0 Å². The normalized spacial score (nSPS) is 32.5. The lowest BCUT2D eigenvalue weighted by molar-refractivity contribution is -0.313. The lowest BCUT2D eigenvalue weighted by Crippen LogP contribution is -2.61. The monoisotopic (exact) mass is 624 g/mol. The largest absolute Gasteiger partial charge is 0.508 e. The molecule has 2 aliphatic heterocycles. The topological polar surface area (TPSA) is 269 Å². The second-order valence-electron chi connectivity index (χ2n) is 10.8. The van der Waals surface area contributed by atoms with Gasteiger partial charge in [-0.25, -0.2) is 0 Å². The van der Waals surface area contributed by atoms with Crippen LogP contribution in [0.1, 0.15) is 13.8 Å². The van der Waals surface area contributed by atoms with E-state index >= 15 is 0 Å². The Labute approximate surface area is 247 Å². The molecule has 3 aromatic rings. The van der Waals surface area contributed by atoms with Crippen LogP contribution in [-0.4, -0.2) is 113 Å². The molecular weight excluding hydrogens is 592 g/mol. The molecule has 1 aromatic heterocycles. The summed E-state index contributed by atoms with van der Waals surface area (Å²) in [6, 6.07) is 3.63. The molecule has 0 bridgehead atoms. The summed E-state index contributed by atoms with van der Waals surface area (Å²) >= 11 is 0. The number of hydrogen-bond acceptors (Lipinski definition) is 16. The van der Waals surface area contributed by atoms with Crippen molar-refractivity contribution in [3.63, 3.8) is 0 Å². The minimum atomic E-state index is -1.99. The molecule has 5 rings (SSSR count). The van der Waals surface area contributed by atoms with Crippen LogP contribution in [0.3, 0.4) is 0 Å². The van der Waals surface area contributed by atoms with Gasteiger partial charge < -0.3 is 74.4 Å². The summed E-state index contributed by atoms with van der Waals surface area (Å²) in [5, 5.41) is 102. The highest BCUT2D eigenvalue weighted by atomic mass is 16.7. The molecule has 0 radical (unpaired) electrons. The molecule has 0 amide bonds. The standard InChI is InChI=1S/C28H32O16/c1-8-9(2)41-27(23(38)18(8)33)40-7-16-20(35)22(37)24(39)28(43-16)44-26-21(36)17-12(30)5-11(29)6-15(17)42-25(26)10-3-13(31)19(34)14(32)4-10/h3-6,8-9,16,18,20,22-24,27-35,37-39H,7H2,1-2H3/t8-,9-,16+,18+,20+,22-,23+,24+,27+,28-/m0/s1. The summed E-state index contributed by atoms with van der Waals surface area (Å²) in [6.45, 7) is 2.77. The fraction of sp³-hybridized carbons (Fsp3) is 0.464. The van der Waals surface area contributed by atoms with Crippen molar-refractivity contribution >= 4 is 11.0 Å². The zero-order valence-corrected chi connectivity index (χ0v) is 23.2. The maximum Gasteiger partial charge on any atom is 0.239 e. The highest BCUT2D eigenvalue weighted by Crippen LogP contribution is 2.43. The molecule has 0 spiro atoms. The molecule has 3 heterocycles. The van der Waals surface area contributed by atoms with E-state index in [0.717, 1.165) is 24.3 Å². The third-order valence-electron chi connectivity index (χ3n) is 7.83. The fourth-order valence-electron chi connectivity index (χ4n) is 5.06. The van der Waals surface area contributed by atoms with Crippen molar-refractivity contribution in [1.82, 2.24) is 0 Å². The number of aliphatic hydroxyl groups is 5. The summed E-state index contributed by atoms with van der Waals surface area (Å²) in [7, 11) is 0. The molecule has 16 heteroatoms. The van der Waals surface area contributed by atoms with Gasteiger partial charge in [0.25, 0.3) is 0 Å². The van der Waals surface area contributed by atoms with Crippen LogP contribution in [0.15, 0.2) is 33.5 Å². The molecule has 2 aromatic carbocycles. The van der Waals surface area contributed by atoms with Gasteiger partial charge in [-0.2, -0.15) is 0 Å². The van der Waals surface area contributed by atoms with Crippen LogP contribution in [0.5, 0.6) is 34.5 Å². The van der Waals surface area contributed by atoms with Crippen molar-refractivity contribution in [2.45, 2.75) is 69.2 Å². The maximum atomic E-state index is 13.6. The summed E-state index contributed by atoms with van der Waals surface area (Å²) < 4.78 is 28.1. The quantitative estimate of drug-likeness (QED) is 0.152. The number of hydrogen-bond donors (Lipinski definition) is 10. The molecule has 240 valence electrons. The van der Waals surface area contributed by atoms with Crippen molar-refractivity contribution in [3.05, 3.63) is 34.5 Å². The third kappa shape index (κ3) is 5.57. The van der Waals surface area contributed by atoms with Gasteiger partial charge in [-0.05, 0) is 19.1 Å². The van der Waals surface area contributed by atoms with Gasteiger partial charge in [-0.1, -0.05) is 6.92 Å². The van der Waals surface area contributed by atoms with Crippen molar-refractivity contribution in [2.24, 2.45) is 5.92 Å². The minimum absolute atomic E-state index is 0.245. The van der Waals surface area contributed by atoms with Crippen molar-refractivity contribution in [3.8, 4) is 45.8 Å². The number of aliphatic hydroxyl groups excluding tert-OH is 5. The molecular formula is C28H32O16. The maximum absolute atomic E-state index is 13.6. The third-order valence-corrected chi connectivity index (χ3v) is 7.83. The van der Waals surface area contributed by atoms with E-state index < -0.39 is 119 Å². The van der Waals surface area contributed by atoms with Crippen LogP contribution in [0.2, 0.25) is 0 Å². The average Bonchev–Trinajstić information content (AvgIpc) is 2.97. The Hall–Kier alpha value is -3.87. The van der Waals surface area contributed by atoms with Gasteiger partial charge in [-0.3, -0.25) is 4.79 Å². The van der Waals surface area contributed by atoms with Crippen LogP contribution in [0.25, 0.3) is 22.3 Å². The van der Waals surface area contributed by atoms with Crippen LogP contribution in [0, 0.1) is 5.92 Å². The Morgan fingerprint density at radius 3 is 2.05 bits per heavy atom. The van der Waals surface area contributed by atoms with E-state index in [0.29, 0.717) is 0 Å². The van der Waals surface area contributed by atoms with Crippen LogP contribution >= 0.6 is 0 Å². The zero-order chi connectivity index (χ0) is 32.2. The molecule has 2 fully saturated rings. The number of aromatic hydroxyl groups is 5. The summed E-state index contributed by atoms with van der Waals surface area (Å²) in [4.78, 5) is 13.6. The van der Waals surface area contributed by atoms with Gasteiger partial charge in [0.05, 0.1) is 18.8 Å². The second kappa shape index (κ2) is 11.9. The Bertz CT molecular complexity index is 1570. The van der Waals surface area contributed by atoms with Crippen LogP contribution in [-0.2, 0) is 14.2 Å². The van der Waals surface area contributed by atoms with E-state index in [2.05, 4.69) is 0 Å². The van der Waals surface area contributed by atoms with Gasteiger partial charge >= 0.3 is 0 Å². The number of phenolic OH excluding ortho intramolecular Hbond substituents is 5. The molecule has 0 aliphatic carbocycles. The zero-order valence-electron chi connectivity index (χ0n) is 23.2. The number of rotatable bonds is 6. The first kappa shape index (κ1) is 31.6. The van der Waals surface area contributed by atoms with Crippen LogP contribution in [0.4, 0.5) is 0 Å². The van der Waals surface area contributed by atoms with Crippen molar-refractivity contribution < 1.29 is 74.4 Å². The summed E-state index contributed by atoms with van der Waals surface area (Å²) in [5.41, 5.74) is -1.68. The van der Waals surface area contributed by atoms with Crippen molar-refractivity contribution in [2.75, 3.05) is 6.61 Å². The van der Waals surface area contributed by atoms with Gasteiger partial charge in [-0.15, -0.1) is 0 Å². The first-order chi connectivity index (χ1) is 20.7. The number of fused-ring (bicyclic) bond motifs is 1. The Kier molecular flexibility index (Phi) is 8.54. The van der Waals surface area contributed by atoms with Gasteiger partial charge in [0.15, 0.2) is 29.3 Å². The van der Waals surface area contributed by atoms with Crippen molar-refractivity contribution in [1.29, 1.82) is 0 Å². The first-order valence-corrected chi connectivity index (χ1v) is 13.5. The number of phenols is 5. The SMILES string of the molecule is C[C@@H]1[C@@H](O)[C@@H](O)[C@H](OC[C@H]2O[C@@H](Oc3c(-c4cc(O)c(O)c(O)c4)oc4cc(O)cc(O)c4c3=O)[C@H](O)[C@@H](O)[C@@H]2O)O[C@H]1C. The van der Waals surface area contributed by atoms with E-state index in [4.69, 9.17) is 23.4 Å². The molecule has 10 atom stereocenters. The number of ether oxygens (including phenoxy) is 4. The second-order valence-corrected chi connectivity index (χ2v) is 10.8. The van der Waals surface area contributed by atoms with E-state index in [1.54, 1.807) is 13.8 Å². The predicted molar refractivity (Wildman–Crippen MR) is 145 cm³/mol. The molecule has 16 nitrogen and oxygen atoms in total. The minimum Gasteiger partial charge on any atom is -0.508 e. The summed E-state index contributed by atoms with van der Waals surface area (Å²) in [5.74, 6) is -5.45. The van der Waals surface area contributed by atoms with Gasteiger partial charge in [0, 0.05) is 23.6 Å². The van der Waals surface area contributed by atoms with E-state index in [-0.39, 0.29) is 11.1 Å². The molecule has 2 saturated heterocycles. The highest BCUT2D eigenvalue weighted by molar-refractivity contribution is 5.88. The molecule has 44 heavy (non-hydrogen) atoms. The molecule has 0 unspecified atom stereocenters. The van der Waals surface area contributed by atoms with Gasteiger partial charge in [0.1, 0.15) is 53.0 Å². The smallest absolute Gasteiger partial charge is 0.239 e. The number of benzene rings is 2. The molecule has 10 N–H and O–H groups in total. The first-order valence-electron chi connectivity index (χ1n) is 13.5. The molecule has 0 saturated carbocycles. The van der Waals surface area contributed by atoms with Gasteiger partial charge in [0.2, 0.25) is 17.5 Å². The lowest BCUT2D eigenvalue weighted by Gasteiger charge is -2.42. The highest BCUT2D eigenvalue weighted by Gasteiger charge is 2.47. The Balaban J connectivity index is 1.50. The van der Waals surface area contributed by atoms with Crippen LogP contribution < -0.4 is 10.2 Å². The summed E-state index contributed by atoms with van der Waals surface area (Å²) in [6.07, 6.45) is -13.6. The van der Waals surface area contributed by atoms with E-state index in [9.17, 15) is 55.9 Å². The average molecular weight is 625 g/mol. The van der Waals surface area contributed by atoms with E-state index in [1.807, 2.05) is 0 Å².